The molecule has 1 aromatic heterocycles. The largest absolute Gasteiger partial charge is 0.399 e. The maximum Gasteiger partial charge on any atom is 0.325 e. The molecular formula is C12H12N4O3. The number of nitrogen functional groups attached to an aromatic ring is 1. The minimum Gasteiger partial charge on any atom is -0.399 e. The van der Waals surface area contributed by atoms with Crippen LogP contribution in [-0.4, -0.2) is 15.9 Å². The number of carbonyl (C=O) groups excluding carboxylic acids is 1. The number of aromatic nitrogens is 2. The lowest BCUT2D eigenvalue weighted by Crippen LogP contribution is -2.33. The monoisotopic (exact) mass is 260 g/mol. The van der Waals surface area contributed by atoms with Crippen molar-refractivity contribution in [1.29, 1.82) is 0 Å². The summed E-state index contributed by atoms with van der Waals surface area (Å²) in [5, 5.41) is 2.57. The molecule has 19 heavy (non-hydrogen) atoms. The van der Waals surface area contributed by atoms with Crippen LogP contribution in [0.2, 0.25) is 0 Å². The topological polar surface area (TPSA) is 121 Å². The van der Waals surface area contributed by atoms with Gasteiger partial charge in [0.1, 0.15) is 5.56 Å². The molecule has 0 fully saturated rings. The zero-order valence-electron chi connectivity index (χ0n) is 9.90. The summed E-state index contributed by atoms with van der Waals surface area (Å²) in [5.41, 5.74) is 5.50. The molecule has 5 N–H and O–H groups in total. The van der Waals surface area contributed by atoms with E-state index >= 15 is 0 Å². The van der Waals surface area contributed by atoms with Gasteiger partial charge in [0.05, 0.1) is 0 Å². The van der Waals surface area contributed by atoms with Crippen molar-refractivity contribution in [3.8, 4) is 0 Å². The van der Waals surface area contributed by atoms with Crippen LogP contribution in [0.4, 0.5) is 5.69 Å². The molecule has 0 radical (unpaired) electrons. The number of carbonyl (C=O) groups is 1. The van der Waals surface area contributed by atoms with E-state index in [1.165, 1.54) is 0 Å². The van der Waals surface area contributed by atoms with Gasteiger partial charge in [-0.05, 0) is 17.7 Å². The molecule has 1 heterocycles. The summed E-state index contributed by atoms with van der Waals surface area (Å²) in [6.45, 7) is 0.262. The van der Waals surface area contributed by atoms with Gasteiger partial charge in [-0.1, -0.05) is 12.1 Å². The Hall–Kier alpha value is -2.83. The number of rotatable bonds is 3. The summed E-state index contributed by atoms with van der Waals surface area (Å²) >= 11 is 0. The Kier molecular flexibility index (Phi) is 3.46. The zero-order chi connectivity index (χ0) is 13.8. The van der Waals surface area contributed by atoms with Gasteiger partial charge in [-0.25, -0.2) is 4.79 Å². The first-order valence-corrected chi connectivity index (χ1v) is 5.51. The Morgan fingerprint density at radius 1 is 1.21 bits per heavy atom. The molecule has 0 aliphatic heterocycles. The molecule has 2 rings (SSSR count). The first-order chi connectivity index (χ1) is 9.06. The number of nitrogens with one attached hydrogen (secondary N) is 3. The summed E-state index contributed by atoms with van der Waals surface area (Å²) in [7, 11) is 0. The highest BCUT2D eigenvalue weighted by Crippen LogP contribution is 2.04. The third-order valence-electron chi connectivity index (χ3n) is 2.50. The van der Waals surface area contributed by atoms with Crippen LogP contribution in [0.5, 0.6) is 0 Å². The lowest BCUT2D eigenvalue weighted by atomic mass is 10.2. The van der Waals surface area contributed by atoms with E-state index in [-0.39, 0.29) is 12.1 Å². The van der Waals surface area contributed by atoms with Crippen molar-refractivity contribution in [2.45, 2.75) is 6.54 Å². The molecule has 0 saturated carbocycles. The van der Waals surface area contributed by atoms with Crippen molar-refractivity contribution >= 4 is 11.6 Å². The Morgan fingerprint density at radius 3 is 2.53 bits per heavy atom. The summed E-state index contributed by atoms with van der Waals surface area (Å²) in [5.74, 6) is -0.561. The average molecular weight is 260 g/mol. The minimum atomic E-state index is -0.724. The zero-order valence-corrected chi connectivity index (χ0v) is 9.90. The fourth-order valence-corrected chi connectivity index (χ4v) is 1.49. The molecule has 0 atom stereocenters. The Balaban J connectivity index is 2.07. The second kappa shape index (κ2) is 5.21. The molecule has 98 valence electrons. The van der Waals surface area contributed by atoms with Crippen LogP contribution >= 0.6 is 0 Å². The molecule has 7 heteroatoms. The Morgan fingerprint density at radius 2 is 1.89 bits per heavy atom. The van der Waals surface area contributed by atoms with Crippen LogP contribution in [0, 0.1) is 0 Å². The molecule has 0 bridgehead atoms. The quantitative estimate of drug-likeness (QED) is 0.560. The van der Waals surface area contributed by atoms with Crippen molar-refractivity contribution < 1.29 is 4.79 Å². The third-order valence-corrected chi connectivity index (χ3v) is 2.50. The Bertz CT molecular complexity index is 700. The van der Waals surface area contributed by atoms with Gasteiger partial charge in [0.25, 0.3) is 11.5 Å². The van der Waals surface area contributed by atoms with Gasteiger partial charge in [-0.15, -0.1) is 0 Å². The molecular weight excluding hydrogens is 248 g/mol. The predicted octanol–water partition coefficient (Wildman–Crippen LogP) is -0.425. The predicted molar refractivity (Wildman–Crippen MR) is 69.7 cm³/mol. The van der Waals surface area contributed by atoms with E-state index < -0.39 is 17.2 Å². The SMILES string of the molecule is Nc1ccc(CNC(=O)c2c[nH]c(=O)[nH]c2=O)cc1. The number of hydrogen-bond donors (Lipinski definition) is 4. The molecule has 0 saturated heterocycles. The first-order valence-electron chi connectivity index (χ1n) is 5.51. The van der Waals surface area contributed by atoms with Gasteiger partial charge in [0.15, 0.2) is 0 Å². The van der Waals surface area contributed by atoms with Crippen molar-refractivity contribution in [3.05, 3.63) is 62.4 Å². The van der Waals surface area contributed by atoms with Crippen LogP contribution in [0.1, 0.15) is 15.9 Å². The highest BCUT2D eigenvalue weighted by molar-refractivity contribution is 5.93. The number of nitrogens with two attached hydrogens (primary N) is 1. The van der Waals surface area contributed by atoms with Crippen molar-refractivity contribution in [3.63, 3.8) is 0 Å². The number of anilines is 1. The maximum absolute atomic E-state index is 11.7. The maximum atomic E-state index is 11.7. The fourth-order valence-electron chi connectivity index (χ4n) is 1.49. The standard InChI is InChI=1S/C12H12N4O3/c13-8-3-1-7(2-4-8)5-14-10(17)9-6-15-12(19)16-11(9)18/h1-4,6H,5,13H2,(H,14,17)(H2,15,16,18,19). The fraction of sp³-hybridized carbons (Fsp3) is 0.0833. The van der Waals surface area contributed by atoms with Crippen LogP contribution in [0.25, 0.3) is 0 Å². The van der Waals surface area contributed by atoms with Crippen molar-refractivity contribution in [2.24, 2.45) is 0 Å². The molecule has 7 nitrogen and oxygen atoms in total. The molecule has 2 aromatic rings. The number of amides is 1. The van der Waals surface area contributed by atoms with Crippen molar-refractivity contribution in [1.82, 2.24) is 15.3 Å². The van der Waals surface area contributed by atoms with E-state index in [1.54, 1.807) is 24.3 Å². The lowest BCUT2D eigenvalue weighted by Gasteiger charge is -2.04. The van der Waals surface area contributed by atoms with Crippen LogP contribution < -0.4 is 22.3 Å². The normalized spacial score (nSPS) is 10.1. The minimum absolute atomic E-state index is 0.143. The second-order valence-electron chi connectivity index (χ2n) is 3.91. The van der Waals surface area contributed by atoms with E-state index in [1.807, 2.05) is 4.98 Å². The van der Waals surface area contributed by atoms with Crippen LogP contribution in [0.15, 0.2) is 40.1 Å². The molecule has 1 aromatic carbocycles. The van der Waals surface area contributed by atoms with Crippen LogP contribution in [0.3, 0.4) is 0 Å². The highest BCUT2D eigenvalue weighted by atomic mass is 16.2. The van der Waals surface area contributed by atoms with E-state index in [4.69, 9.17) is 5.73 Å². The average Bonchev–Trinajstić information content (AvgIpc) is 2.37. The summed E-state index contributed by atoms with van der Waals surface area (Å²) in [6, 6.07) is 6.97. The number of H-pyrrole nitrogens is 2. The molecule has 0 spiro atoms. The van der Waals surface area contributed by atoms with E-state index in [9.17, 15) is 14.4 Å². The van der Waals surface area contributed by atoms with E-state index in [2.05, 4.69) is 10.3 Å². The molecule has 0 aliphatic carbocycles. The third kappa shape index (κ3) is 3.09. The van der Waals surface area contributed by atoms with Gasteiger partial charge in [0, 0.05) is 18.4 Å². The van der Waals surface area contributed by atoms with Gasteiger partial charge in [-0.3, -0.25) is 14.6 Å². The van der Waals surface area contributed by atoms with Gasteiger partial charge >= 0.3 is 5.69 Å². The van der Waals surface area contributed by atoms with E-state index in [0.29, 0.717) is 5.69 Å². The number of benzene rings is 1. The smallest absolute Gasteiger partial charge is 0.325 e. The molecule has 1 amide bonds. The van der Waals surface area contributed by atoms with Crippen molar-refractivity contribution in [2.75, 3.05) is 5.73 Å². The van der Waals surface area contributed by atoms with Crippen LogP contribution in [-0.2, 0) is 6.54 Å². The lowest BCUT2D eigenvalue weighted by molar-refractivity contribution is 0.0949. The van der Waals surface area contributed by atoms with Gasteiger partial charge < -0.3 is 16.0 Å². The number of aromatic amines is 2. The second-order valence-corrected chi connectivity index (χ2v) is 3.91. The van der Waals surface area contributed by atoms with E-state index in [0.717, 1.165) is 11.8 Å². The Labute approximate surface area is 107 Å². The highest BCUT2D eigenvalue weighted by Gasteiger charge is 2.10. The number of hydrogen-bond acceptors (Lipinski definition) is 4. The summed E-state index contributed by atoms with van der Waals surface area (Å²) in [6.07, 6.45) is 1.08. The van der Waals surface area contributed by atoms with Gasteiger partial charge in [0.2, 0.25) is 0 Å². The summed E-state index contributed by atoms with van der Waals surface area (Å²) in [4.78, 5) is 38.2. The van der Waals surface area contributed by atoms with Gasteiger partial charge in [-0.2, -0.15) is 0 Å². The molecule has 0 aliphatic rings. The molecule has 0 unspecified atom stereocenters. The summed E-state index contributed by atoms with van der Waals surface area (Å²) < 4.78 is 0. The first kappa shape index (κ1) is 12.6.